The molecule has 0 fully saturated rings. The average molecular weight is 426 g/mol. The van der Waals surface area contributed by atoms with E-state index in [-0.39, 0.29) is 5.91 Å². The first-order chi connectivity index (χ1) is 9.01. The summed E-state index contributed by atoms with van der Waals surface area (Å²) in [4.78, 5) is 12.7. The number of anilines is 1. The summed E-state index contributed by atoms with van der Waals surface area (Å²) in [5.41, 5.74) is 0.542. The number of hydrogen-bond donors (Lipinski definition) is 1. The minimum atomic E-state index is -0.211. The SMILES string of the molecule is COc1ccc(Cl)cc1NC(=O)c1cc(Br)c(Br)s1. The van der Waals surface area contributed by atoms with E-state index in [1.165, 1.54) is 18.4 Å². The van der Waals surface area contributed by atoms with Crippen molar-refractivity contribution in [3.8, 4) is 5.75 Å². The number of nitrogens with one attached hydrogen (secondary N) is 1. The van der Waals surface area contributed by atoms with Crippen LogP contribution >= 0.6 is 54.8 Å². The second-order valence-electron chi connectivity index (χ2n) is 3.53. The lowest BCUT2D eigenvalue weighted by molar-refractivity contribution is 0.103. The molecular weight excluding hydrogens is 417 g/mol. The number of benzene rings is 1. The largest absolute Gasteiger partial charge is 0.495 e. The number of thiophene rings is 1. The Morgan fingerprint density at radius 3 is 2.68 bits per heavy atom. The second-order valence-corrected chi connectivity index (χ2v) is 7.19. The van der Waals surface area contributed by atoms with Gasteiger partial charge in [-0.3, -0.25) is 4.79 Å². The van der Waals surface area contributed by atoms with Crippen LogP contribution in [0.1, 0.15) is 9.67 Å². The molecule has 0 spiro atoms. The first-order valence-electron chi connectivity index (χ1n) is 5.11. The van der Waals surface area contributed by atoms with Gasteiger partial charge in [-0.25, -0.2) is 0 Å². The number of hydrogen-bond acceptors (Lipinski definition) is 3. The van der Waals surface area contributed by atoms with E-state index in [1.807, 2.05) is 0 Å². The van der Waals surface area contributed by atoms with Gasteiger partial charge in [-0.2, -0.15) is 0 Å². The van der Waals surface area contributed by atoms with E-state index < -0.39 is 0 Å². The van der Waals surface area contributed by atoms with Crippen LogP contribution in [0.15, 0.2) is 32.5 Å². The number of ether oxygens (including phenoxy) is 1. The lowest BCUT2D eigenvalue weighted by atomic mass is 10.3. The smallest absolute Gasteiger partial charge is 0.265 e. The summed E-state index contributed by atoms with van der Waals surface area (Å²) in [6.07, 6.45) is 0. The van der Waals surface area contributed by atoms with Crippen molar-refractivity contribution in [3.05, 3.63) is 42.4 Å². The summed E-state index contributed by atoms with van der Waals surface area (Å²) < 4.78 is 6.90. The van der Waals surface area contributed by atoms with Gasteiger partial charge < -0.3 is 10.1 Å². The van der Waals surface area contributed by atoms with Gasteiger partial charge in [-0.05, 0) is 56.1 Å². The van der Waals surface area contributed by atoms with Gasteiger partial charge in [-0.1, -0.05) is 11.6 Å². The van der Waals surface area contributed by atoms with Gasteiger partial charge in [0.15, 0.2) is 0 Å². The van der Waals surface area contributed by atoms with Gasteiger partial charge in [0.2, 0.25) is 0 Å². The van der Waals surface area contributed by atoms with Crippen molar-refractivity contribution in [2.45, 2.75) is 0 Å². The number of halogens is 3. The molecule has 1 amide bonds. The Labute approximate surface area is 136 Å². The van der Waals surface area contributed by atoms with E-state index >= 15 is 0 Å². The maximum Gasteiger partial charge on any atom is 0.265 e. The number of methoxy groups -OCH3 is 1. The van der Waals surface area contributed by atoms with Crippen LogP contribution in [0.2, 0.25) is 5.02 Å². The molecule has 1 aromatic heterocycles. The summed E-state index contributed by atoms with van der Waals surface area (Å²) in [7, 11) is 1.54. The number of carbonyl (C=O) groups excluding carboxylic acids is 1. The van der Waals surface area contributed by atoms with Crippen LogP contribution in [0.25, 0.3) is 0 Å². The summed E-state index contributed by atoms with van der Waals surface area (Å²) in [6, 6.07) is 6.81. The van der Waals surface area contributed by atoms with Crippen LogP contribution in [0, 0.1) is 0 Å². The van der Waals surface area contributed by atoms with Gasteiger partial charge in [-0.15, -0.1) is 11.3 Å². The summed E-state index contributed by atoms with van der Waals surface area (Å²) in [6.45, 7) is 0. The fraction of sp³-hybridized carbons (Fsp3) is 0.0833. The van der Waals surface area contributed by atoms with Gasteiger partial charge in [0.1, 0.15) is 5.75 Å². The molecule has 2 rings (SSSR count). The summed E-state index contributed by atoms with van der Waals surface area (Å²) in [5, 5.41) is 3.31. The third kappa shape index (κ3) is 3.51. The fourth-order valence-corrected chi connectivity index (χ4v) is 3.52. The third-order valence-electron chi connectivity index (χ3n) is 2.28. The molecule has 19 heavy (non-hydrogen) atoms. The number of carbonyl (C=O) groups is 1. The van der Waals surface area contributed by atoms with Crippen molar-refractivity contribution >= 4 is 66.4 Å². The first kappa shape index (κ1) is 14.8. The van der Waals surface area contributed by atoms with Crippen LogP contribution < -0.4 is 10.1 Å². The summed E-state index contributed by atoms with van der Waals surface area (Å²) in [5.74, 6) is 0.351. The highest BCUT2D eigenvalue weighted by Crippen LogP contribution is 2.34. The predicted octanol–water partition coefficient (Wildman–Crippen LogP) is 5.19. The van der Waals surface area contributed by atoms with E-state index in [4.69, 9.17) is 16.3 Å². The minimum absolute atomic E-state index is 0.211. The van der Waals surface area contributed by atoms with Gasteiger partial charge in [0.25, 0.3) is 5.91 Å². The van der Waals surface area contributed by atoms with Crippen molar-refractivity contribution in [3.63, 3.8) is 0 Å². The number of amides is 1. The van der Waals surface area contributed by atoms with E-state index in [9.17, 15) is 4.79 Å². The van der Waals surface area contributed by atoms with Crippen LogP contribution in [0.4, 0.5) is 5.69 Å². The van der Waals surface area contributed by atoms with Crippen LogP contribution in [0.5, 0.6) is 5.75 Å². The highest BCUT2D eigenvalue weighted by atomic mass is 79.9. The van der Waals surface area contributed by atoms with Crippen LogP contribution in [0.3, 0.4) is 0 Å². The van der Waals surface area contributed by atoms with Crippen molar-refractivity contribution in [1.82, 2.24) is 0 Å². The Bertz CT molecular complexity index is 611. The second kappa shape index (κ2) is 6.26. The molecule has 1 aromatic carbocycles. The predicted molar refractivity (Wildman–Crippen MR) is 85.7 cm³/mol. The maximum atomic E-state index is 12.1. The molecule has 0 unspecified atom stereocenters. The third-order valence-corrected chi connectivity index (χ3v) is 5.77. The maximum absolute atomic E-state index is 12.1. The zero-order valence-corrected chi connectivity index (χ0v) is 14.4. The average Bonchev–Trinajstić information content (AvgIpc) is 2.70. The lowest BCUT2D eigenvalue weighted by Gasteiger charge is -2.09. The molecule has 0 aliphatic heterocycles. The molecule has 100 valence electrons. The van der Waals surface area contributed by atoms with Crippen molar-refractivity contribution in [2.24, 2.45) is 0 Å². The normalized spacial score (nSPS) is 10.3. The fourth-order valence-electron chi connectivity index (χ4n) is 1.42. The van der Waals surface area contributed by atoms with Gasteiger partial charge >= 0.3 is 0 Å². The molecule has 0 atom stereocenters. The molecule has 0 radical (unpaired) electrons. The molecule has 2 aromatic rings. The Morgan fingerprint density at radius 1 is 1.37 bits per heavy atom. The highest BCUT2D eigenvalue weighted by Gasteiger charge is 2.14. The number of rotatable bonds is 3. The molecule has 0 saturated carbocycles. The molecule has 7 heteroatoms. The molecule has 0 aliphatic carbocycles. The summed E-state index contributed by atoms with van der Waals surface area (Å²) >= 11 is 14.0. The van der Waals surface area contributed by atoms with Crippen molar-refractivity contribution < 1.29 is 9.53 Å². The molecule has 0 bridgehead atoms. The Morgan fingerprint density at radius 2 is 2.11 bits per heavy atom. The molecule has 1 heterocycles. The molecule has 3 nitrogen and oxygen atoms in total. The Balaban J connectivity index is 2.25. The van der Waals surface area contributed by atoms with Crippen molar-refractivity contribution in [1.29, 1.82) is 0 Å². The van der Waals surface area contributed by atoms with Crippen LogP contribution in [-0.2, 0) is 0 Å². The quantitative estimate of drug-likeness (QED) is 0.735. The standard InChI is InChI=1S/C12H8Br2ClNO2S/c1-18-9-3-2-6(15)4-8(9)16-12(17)10-5-7(13)11(14)19-10/h2-5H,1H3,(H,16,17). The zero-order chi connectivity index (χ0) is 14.0. The monoisotopic (exact) mass is 423 g/mol. The Hall–Kier alpha value is -0.560. The first-order valence-corrected chi connectivity index (χ1v) is 7.89. The van der Waals surface area contributed by atoms with Gasteiger partial charge in [0.05, 0.1) is 21.5 Å². The van der Waals surface area contributed by atoms with Crippen molar-refractivity contribution in [2.75, 3.05) is 12.4 Å². The Kier molecular flexibility index (Phi) is 4.89. The lowest BCUT2D eigenvalue weighted by Crippen LogP contribution is -2.11. The van der Waals surface area contributed by atoms with Crippen LogP contribution in [-0.4, -0.2) is 13.0 Å². The van der Waals surface area contributed by atoms with E-state index in [0.29, 0.717) is 21.3 Å². The molecular formula is C12H8Br2ClNO2S. The highest BCUT2D eigenvalue weighted by molar-refractivity contribution is 9.13. The molecule has 0 aliphatic rings. The zero-order valence-electron chi connectivity index (χ0n) is 9.67. The van der Waals surface area contributed by atoms with E-state index in [1.54, 1.807) is 24.3 Å². The topological polar surface area (TPSA) is 38.3 Å². The molecule has 1 N–H and O–H groups in total. The van der Waals surface area contributed by atoms with Gasteiger partial charge in [0, 0.05) is 9.50 Å². The minimum Gasteiger partial charge on any atom is -0.495 e. The van der Waals surface area contributed by atoms with E-state index in [0.717, 1.165) is 8.26 Å². The molecule has 0 saturated heterocycles. The van der Waals surface area contributed by atoms with E-state index in [2.05, 4.69) is 37.2 Å².